The lowest BCUT2D eigenvalue weighted by Crippen LogP contribution is -2.12. The number of hydrogen-bond donors (Lipinski definition) is 2. The molecule has 1 unspecified atom stereocenters. The first-order chi connectivity index (χ1) is 14.7. The zero-order valence-electron chi connectivity index (χ0n) is 16.5. The molecule has 0 radical (unpaired) electrons. The third kappa shape index (κ3) is 5.12. The molecule has 2 aromatic carbocycles. The fraction of sp³-hybridized carbons (Fsp3) is 0.174. The highest BCUT2D eigenvalue weighted by molar-refractivity contribution is 7.08. The van der Waals surface area contributed by atoms with E-state index >= 15 is 0 Å². The number of carbonyl (C=O) groups is 1. The second-order valence-corrected chi connectivity index (χ2v) is 7.71. The van der Waals surface area contributed by atoms with Crippen LogP contribution in [-0.4, -0.2) is 16.0 Å². The van der Waals surface area contributed by atoms with Gasteiger partial charge in [-0.15, -0.1) is 0 Å². The zero-order valence-corrected chi connectivity index (χ0v) is 17.4. The molecule has 0 spiro atoms. The van der Waals surface area contributed by atoms with Gasteiger partial charge in [0.1, 0.15) is 0 Å². The number of rotatable bonds is 8. The molecule has 2 N–H and O–H groups in total. The van der Waals surface area contributed by atoms with Crippen LogP contribution in [0.2, 0.25) is 0 Å². The first kappa shape index (κ1) is 19.8. The van der Waals surface area contributed by atoms with Gasteiger partial charge in [0.15, 0.2) is 0 Å². The average Bonchev–Trinajstić information content (AvgIpc) is 3.46. The Labute approximate surface area is 179 Å². The van der Waals surface area contributed by atoms with Crippen LogP contribution in [-0.2, 0) is 11.2 Å². The van der Waals surface area contributed by atoms with Crippen LogP contribution in [0.5, 0.6) is 0 Å². The Hall–Kier alpha value is -3.45. The summed E-state index contributed by atoms with van der Waals surface area (Å²) < 4.78 is 5.23. The van der Waals surface area contributed by atoms with Crippen LogP contribution < -0.4 is 10.6 Å². The molecule has 2 aromatic heterocycles. The summed E-state index contributed by atoms with van der Waals surface area (Å²) in [6.45, 7) is 2.12. The van der Waals surface area contributed by atoms with Crippen LogP contribution in [0.15, 0.2) is 75.9 Å². The van der Waals surface area contributed by atoms with Gasteiger partial charge in [-0.05, 0) is 48.2 Å². The molecule has 2 heterocycles. The van der Waals surface area contributed by atoms with Gasteiger partial charge in [-0.1, -0.05) is 35.5 Å². The van der Waals surface area contributed by atoms with Gasteiger partial charge < -0.3 is 15.2 Å². The van der Waals surface area contributed by atoms with Crippen molar-refractivity contribution in [1.82, 2.24) is 10.1 Å². The van der Waals surface area contributed by atoms with E-state index < -0.39 is 0 Å². The molecule has 6 nitrogen and oxygen atoms in total. The lowest BCUT2D eigenvalue weighted by atomic mass is 10.1. The van der Waals surface area contributed by atoms with E-state index in [2.05, 4.69) is 39.8 Å². The highest BCUT2D eigenvalue weighted by atomic mass is 32.1. The molecule has 0 fully saturated rings. The molecule has 1 amide bonds. The number of nitrogens with zero attached hydrogens (tertiary/aromatic N) is 2. The standard InChI is InChI=1S/C23H22N4O2S/c1-16(17-5-3-2-4-6-17)24-19-7-9-20(10-8-19)25-21(28)11-12-22-26-23(27-29-22)18-13-14-30-15-18/h2-10,13-16,24H,11-12H2,1H3,(H,25,28). The summed E-state index contributed by atoms with van der Waals surface area (Å²) in [5.74, 6) is 0.920. The number of carbonyl (C=O) groups excluding carboxylic acids is 1. The number of aryl methyl sites for hydroxylation is 1. The van der Waals surface area contributed by atoms with E-state index in [1.54, 1.807) is 11.3 Å². The minimum Gasteiger partial charge on any atom is -0.379 e. The zero-order chi connectivity index (χ0) is 20.8. The molecule has 0 aliphatic heterocycles. The molecule has 0 saturated heterocycles. The van der Waals surface area contributed by atoms with Crippen molar-refractivity contribution in [3.05, 3.63) is 82.9 Å². The maximum Gasteiger partial charge on any atom is 0.227 e. The van der Waals surface area contributed by atoms with Crippen LogP contribution in [0.3, 0.4) is 0 Å². The summed E-state index contributed by atoms with van der Waals surface area (Å²) in [6.07, 6.45) is 0.674. The fourth-order valence-corrected chi connectivity index (χ4v) is 3.67. The van der Waals surface area contributed by atoms with E-state index in [4.69, 9.17) is 4.52 Å². The van der Waals surface area contributed by atoms with Gasteiger partial charge >= 0.3 is 0 Å². The van der Waals surface area contributed by atoms with Crippen molar-refractivity contribution < 1.29 is 9.32 Å². The van der Waals surface area contributed by atoms with Gasteiger partial charge in [-0.2, -0.15) is 16.3 Å². The third-order valence-electron chi connectivity index (χ3n) is 4.66. The van der Waals surface area contributed by atoms with Gasteiger partial charge in [0, 0.05) is 41.2 Å². The number of amides is 1. The summed E-state index contributed by atoms with van der Waals surface area (Å²) in [4.78, 5) is 16.6. The van der Waals surface area contributed by atoms with Gasteiger partial charge in [0.2, 0.25) is 17.6 Å². The van der Waals surface area contributed by atoms with Crippen molar-refractivity contribution in [1.29, 1.82) is 0 Å². The van der Waals surface area contributed by atoms with E-state index in [0.717, 1.165) is 16.9 Å². The molecule has 152 valence electrons. The molecule has 4 rings (SSSR count). The van der Waals surface area contributed by atoms with Crippen molar-refractivity contribution in [2.24, 2.45) is 0 Å². The topological polar surface area (TPSA) is 80.0 Å². The van der Waals surface area contributed by atoms with E-state index in [9.17, 15) is 4.79 Å². The molecule has 1 atom stereocenters. The normalized spacial score (nSPS) is 11.8. The molecule has 30 heavy (non-hydrogen) atoms. The van der Waals surface area contributed by atoms with Crippen LogP contribution in [0.25, 0.3) is 11.4 Å². The SMILES string of the molecule is CC(Nc1ccc(NC(=O)CCc2nc(-c3ccsc3)no2)cc1)c1ccccc1. The monoisotopic (exact) mass is 418 g/mol. The largest absolute Gasteiger partial charge is 0.379 e. The molecule has 0 aliphatic carbocycles. The first-order valence-corrected chi connectivity index (χ1v) is 10.7. The first-order valence-electron chi connectivity index (χ1n) is 9.74. The summed E-state index contributed by atoms with van der Waals surface area (Å²) in [6, 6.07) is 20.1. The van der Waals surface area contributed by atoms with Crippen molar-refractivity contribution in [2.75, 3.05) is 10.6 Å². The number of hydrogen-bond acceptors (Lipinski definition) is 6. The highest BCUT2D eigenvalue weighted by Gasteiger charge is 2.11. The van der Waals surface area contributed by atoms with Crippen molar-refractivity contribution in [2.45, 2.75) is 25.8 Å². The number of aromatic nitrogens is 2. The van der Waals surface area contributed by atoms with Crippen molar-refractivity contribution in [3.63, 3.8) is 0 Å². The fourth-order valence-electron chi connectivity index (χ4n) is 3.03. The summed E-state index contributed by atoms with van der Waals surface area (Å²) in [7, 11) is 0. The number of thiophene rings is 1. The molecular weight excluding hydrogens is 396 g/mol. The minimum atomic E-state index is -0.0938. The second-order valence-electron chi connectivity index (χ2n) is 6.93. The van der Waals surface area contributed by atoms with Gasteiger partial charge in [-0.25, -0.2) is 0 Å². The maximum absolute atomic E-state index is 12.3. The molecule has 7 heteroatoms. The predicted octanol–water partition coefficient (Wildman–Crippen LogP) is 5.54. The summed E-state index contributed by atoms with van der Waals surface area (Å²) in [5, 5.41) is 14.2. The predicted molar refractivity (Wildman–Crippen MR) is 119 cm³/mol. The third-order valence-corrected chi connectivity index (χ3v) is 5.35. The average molecular weight is 419 g/mol. The maximum atomic E-state index is 12.3. The second kappa shape index (κ2) is 9.37. The number of nitrogens with one attached hydrogen (secondary N) is 2. The van der Waals surface area contributed by atoms with Gasteiger partial charge in [-0.3, -0.25) is 4.79 Å². The molecular formula is C23H22N4O2S. The Morgan fingerprint density at radius 3 is 2.57 bits per heavy atom. The van der Waals surface area contributed by atoms with Crippen LogP contribution >= 0.6 is 11.3 Å². The lowest BCUT2D eigenvalue weighted by Gasteiger charge is -2.16. The van der Waals surface area contributed by atoms with Crippen LogP contribution in [0.1, 0.15) is 30.8 Å². The van der Waals surface area contributed by atoms with Crippen LogP contribution in [0.4, 0.5) is 11.4 Å². The lowest BCUT2D eigenvalue weighted by molar-refractivity contribution is -0.116. The summed E-state index contributed by atoms with van der Waals surface area (Å²) in [5.41, 5.74) is 3.89. The Bertz CT molecular complexity index is 1080. The Kier molecular flexibility index (Phi) is 6.20. The Morgan fingerprint density at radius 1 is 1.07 bits per heavy atom. The number of anilines is 2. The minimum absolute atomic E-state index is 0.0938. The summed E-state index contributed by atoms with van der Waals surface area (Å²) >= 11 is 1.58. The highest BCUT2D eigenvalue weighted by Crippen LogP contribution is 2.21. The molecule has 0 saturated carbocycles. The Morgan fingerprint density at radius 2 is 1.83 bits per heavy atom. The van der Waals surface area contributed by atoms with Gasteiger partial charge in [0.25, 0.3) is 0 Å². The van der Waals surface area contributed by atoms with E-state index in [1.807, 2.05) is 59.3 Å². The smallest absolute Gasteiger partial charge is 0.227 e. The van der Waals surface area contributed by atoms with E-state index in [1.165, 1.54) is 5.56 Å². The van der Waals surface area contributed by atoms with E-state index in [0.29, 0.717) is 18.1 Å². The van der Waals surface area contributed by atoms with Crippen molar-refractivity contribution >= 4 is 28.6 Å². The van der Waals surface area contributed by atoms with Gasteiger partial charge in [0.05, 0.1) is 0 Å². The number of benzene rings is 2. The molecule has 0 aliphatic rings. The quantitative estimate of drug-likeness (QED) is 0.393. The molecule has 0 bridgehead atoms. The molecule has 4 aromatic rings. The van der Waals surface area contributed by atoms with E-state index in [-0.39, 0.29) is 18.4 Å². The Balaban J connectivity index is 1.26. The van der Waals surface area contributed by atoms with Crippen LogP contribution in [0, 0.1) is 0 Å². The van der Waals surface area contributed by atoms with Crippen molar-refractivity contribution in [3.8, 4) is 11.4 Å².